The largest absolute Gasteiger partial charge is 0.465 e. The van der Waals surface area contributed by atoms with Crippen LogP contribution in [0.3, 0.4) is 0 Å². The quantitative estimate of drug-likeness (QED) is 0.0547. The summed E-state index contributed by atoms with van der Waals surface area (Å²) in [5, 5.41) is 34.4. The van der Waals surface area contributed by atoms with Crippen LogP contribution >= 0.6 is 11.3 Å². The minimum absolute atomic E-state index is 0.00214. The van der Waals surface area contributed by atoms with E-state index in [1.165, 1.54) is 10.4 Å². The predicted molar refractivity (Wildman–Crippen MR) is 193 cm³/mol. The van der Waals surface area contributed by atoms with Crippen molar-refractivity contribution in [2.24, 2.45) is 16.2 Å². The van der Waals surface area contributed by atoms with Crippen LogP contribution in [-0.2, 0) is 34.3 Å². The van der Waals surface area contributed by atoms with Crippen molar-refractivity contribution in [2.45, 2.75) is 124 Å². The summed E-state index contributed by atoms with van der Waals surface area (Å²) in [6, 6.07) is 1.03. The summed E-state index contributed by atoms with van der Waals surface area (Å²) in [5.41, 5.74) is 0.422. The van der Waals surface area contributed by atoms with Crippen molar-refractivity contribution in [3.63, 3.8) is 0 Å². The Kier molecular flexibility index (Phi) is 18.0. The lowest BCUT2D eigenvalue weighted by molar-refractivity contribution is -0.143. The smallest absolute Gasteiger partial charge is 0.305 e. The molecule has 1 aromatic heterocycles. The number of likely N-dealkylation sites (N-methyl/N-ethyl adjacent to an activating group) is 1. The number of unbranched alkanes of at least 4 members (excludes halogenated alkanes) is 2. The number of esters is 1. The number of carbonyl (C=O) groups is 1. The van der Waals surface area contributed by atoms with E-state index in [9.17, 15) is 36.9 Å². The Balaban J connectivity index is 1.41. The molecule has 286 valence electrons. The van der Waals surface area contributed by atoms with Crippen molar-refractivity contribution < 1.29 is 46.4 Å². The molecule has 6 atom stereocenters. The van der Waals surface area contributed by atoms with Crippen molar-refractivity contribution in [2.75, 3.05) is 40.0 Å². The molecule has 13 nitrogen and oxygen atoms in total. The summed E-state index contributed by atoms with van der Waals surface area (Å²) in [7, 11) is -6.49. The van der Waals surface area contributed by atoms with Crippen LogP contribution in [0.5, 0.6) is 0 Å². The molecule has 0 spiro atoms. The summed E-state index contributed by atoms with van der Waals surface area (Å²) in [5.74, 6) is -0.528. The van der Waals surface area contributed by atoms with Gasteiger partial charge in [-0.15, -0.1) is 11.3 Å². The van der Waals surface area contributed by atoms with Crippen LogP contribution in [0.15, 0.2) is 31.0 Å². The Morgan fingerprint density at radius 3 is 2.60 bits per heavy atom. The molecule has 16 heteroatoms. The maximum absolute atomic E-state index is 13.3. The van der Waals surface area contributed by atoms with E-state index in [0.717, 1.165) is 25.5 Å². The van der Waals surface area contributed by atoms with Crippen molar-refractivity contribution >= 4 is 43.6 Å². The summed E-state index contributed by atoms with van der Waals surface area (Å²) in [6.07, 6.45) is 10.6. The summed E-state index contributed by atoms with van der Waals surface area (Å²) < 4.78 is 67.7. The van der Waals surface area contributed by atoms with E-state index >= 15 is 0 Å². The van der Waals surface area contributed by atoms with E-state index in [1.54, 1.807) is 7.11 Å². The molecular weight excluding hydrogens is 707 g/mol. The number of hydrogen-bond donors (Lipinski definition) is 4. The molecule has 0 saturated heterocycles. The van der Waals surface area contributed by atoms with E-state index in [1.807, 2.05) is 19.1 Å². The van der Waals surface area contributed by atoms with E-state index in [0.29, 0.717) is 75.0 Å². The average Bonchev–Trinajstić information content (AvgIpc) is 3.65. The van der Waals surface area contributed by atoms with Crippen LogP contribution in [0.4, 0.5) is 0 Å². The molecule has 4 N–H and O–H groups in total. The molecule has 2 aliphatic rings. The first-order chi connectivity index (χ1) is 23.8. The molecule has 3 rings (SSSR count). The molecule has 0 unspecified atom stereocenters. The number of nitrogens with zero attached hydrogens (tertiary/aromatic N) is 2. The molecule has 2 heterocycles. The average molecular weight is 764 g/mol. The second-order valence-electron chi connectivity index (χ2n) is 13.1. The van der Waals surface area contributed by atoms with Gasteiger partial charge < -0.3 is 30.1 Å². The number of nitrogens with one attached hydrogen (secondary N) is 1. The van der Waals surface area contributed by atoms with Crippen molar-refractivity contribution in [3.05, 3.63) is 23.8 Å². The monoisotopic (exact) mass is 763 g/mol. The number of methoxy groups -OCH3 is 1. The third kappa shape index (κ3) is 12.4. The lowest BCUT2D eigenvalue weighted by Crippen LogP contribution is -2.43. The molecule has 0 radical (unpaired) electrons. The maximum Gasteiger partial charge on any atom is 0.305 e. The number of hydrogen-bond acceptors (Lipinski definition) is 12. The second-order valence-corrected chi connectivity index (χ2v) is 18.1. The molecule has 1 saturated carbocycles. The SMILES string of the molecule is CCCC[C@H](O)CC[C@@H]1[C@@H](C/C=C\CCCC(=O)OCCC=NS(=O)(=O)c2cc3c(s2)S(=O)(=O)N(CCCOC)C[C@@H]3NCC)[C@@H](O)C[C@H]1O. The minimum atomic E-state index is -4.16. The zero-order valence-corrected chi connectivity index (χ0v) is 32.1. The number of aliphatic hydroxyl groups is 3. The van der Waals surface area contributed by atoms with Crippen LogP contribution in [-0.4, -0.2) is 107 Å². The maximum atomic E-state index is 13.3. The molecule has 50 heavy (non-hydrogen) atoms. The van der Waals surface area contributed by atoms with Gasteiger partial charge in [0.1, 0.15) is 8.42 Å². The Labute approximate surface area is 302 Å². The van der Waals surface area contributed by atoms with E-state index < -0.39 is 38.2 Å². The van der Waals surface area contributed by atoms with Crippen LogP contribution in [0.1, 0.15) is 103 Å². The van der Waals surface area contributed by atoms with Crippen LogP contribution in [0.2, 0.25) is 0 Å². The van der Waals surface area contributed by atoms with Gasteiger partial charge in [0.25, 0.3) is 20.0 Å². The molecular formula is C34H57N3O10S3. The summed E-state index contributed by atoms with van der Waals surface area (Å²) in [6.45, 7) is 5.37. The van der Waals surface area contributed by atoms with Crippen molar-refractivity contribution in [3.8, 4) is 0 Å². The standard InChI is InChI=1S/C34H57N3O10S3/c1-4-6-13-25(38)16-17-27-26(30(39)23-31(27)40)14-9-7-8-10-15-32(41)47-21-11-18-36-49(42,43)33-22-28-29(35-5-2)24-37(19-12-20-46-3)50(44,45)34(28)48-33/h7,9,18,22,25-27,29-31,35,38-40H,4-6,8,10-17,19-21,23-24H2,1-3H3/b9-7-,36-18?/t25-,26+,27+,29-,30-,31+/m0/s1. The molecule has 0 amide bonds. The summed E-state index contributed by atoms with van der Waals surface area (Å²) >= 11 is 0.691. The second kappa shape index (κ2) is 21.1. The Bertz CT molecular complexity index is 1460. The first-order valence-corrected chi connectivity index (χ1v) is 21.5. The zero-order valence-electron chi connectivity index (χ0n) is 29.6. The van der Waals surface area contributed by atoms with Gasteiger partial charge in [-0.25, -0.2) is 8.42 Å². The summed E-state index contributed by atoms with van der Waals surface area (Å²) in [4.78, 5) is 12.2. The number of thiophene rings is 1. The van der Waals surface area contributed by atoms with E-state index in [4.69, 9.17) is 9.47 Å². The van der Waals surface area contributed by atoms with Gasteiger partial charge in [-0.3, -0.25) is 4.79 Å². The van der Waals surface area contributed by atoms with Gasteiger partial charge in [-0.05, 0) is 75.8 Å². The van der Waals surface area contributed by atoms with Gasteiger partial charge >= 0.3 is 5.97 Å². The lowest BCUT2D eigenvalue weighted by Gasteiger charge is -2.32. The minimum Gasteiger partial charge on any atom is -0.465 e. The highest BCUT2D eigenvalue weighted by molar-refractivity contribution is 7.94. The first-order valence-electron chi connectivity index (χ1n) is 17.8. The Morgan fingerprint density at radius 2 is 1.88 bits per heavy atom. The molecule has 0 bridgehead atoms. The van der Waals surface area contributed by atoms with Gasteiger partial charge in [0.15, 0.2) is 0 Å². The fourth-order valence-corrected chi connectivity index (χ4v) is 11.4. The highest BCUT2D eigenvalue weighted by Gasteiger charge is 2.41. The van der Waals surface area contributed by atoms with Crippen molar-refractivity contribution in [1.82, 2.24) is 9.62 Å². The topological polar surface area (TPSA) is 192 Å². The van der Waals surface area contributed by atoms with Gasteiger partial charge in [0.05, 0.1) is 24.9 Å². The highest BCUT2D eigenvalue weighted by atomic mass is 32.3. The van der Waals surface area contributed by atoms with Gasteiger partial charge in [0.2, 0.25) is 0 Å². The number of allylic oxidation sites excluding steroid dienone is 2. The van der Waals surface area contributed by atoms with Gasteiger partial charge in [-0.1, -0.05) is 38.8 Å². The van der Waals surface area contributed by atoms with Gasteiger partial charge in [0, 0.05) is 57.5 Å². The van der Waals surface area contributed by atoms with Crippen molar-refractivity contribution in [1.29, 1.82) is 0 Å². The number of carbonyl (C=O) groups excluding carboxylic acids is 1. The number of rotatable bonds is 23. The lowest BCUT2D eigenvalue weighted by atomic mass is 9.85. The zero-order chi connectivity index (χ0) is 36.7. The van der Waals surface area contributed by atoms with Crippen LogP contribution < -0.4 is 5.32 Å². The van der Waals surface area contributed by atoms with Crippen LogP contribution in [0, 0.1) is 11.8 Å². The fourth-order valence-electron chi connectivity index (χ4n) is 6.58. The third-order valence-electron chi connectivity index (χ3n) is 9.29. The number of aliphatic hydroxyl groups excluding tert-OH is 3. The molecule has 1 fully saturated rings. The molecule has 1 aliphatic carbocycles. The Hall–Kier alpha value is -1.76. The first kappa shape index (κ1) is 42.7. The number of ether oxygens (including phenoxy) is 2. The highest BCUT2D eigenvalue weighted by Crippen LogP contribution is 2.41. The van der Waals surface area contributed by atoms with E-state index in [2.05, 4.69) is 16.6 Å². The Morgan fingerprint density at radius 1 is 1.12 bits per heavy atom. The fraction of sp³-hybridized carbons (Fsp3) is 0.765. The van der Waals surface area contributed by atoms with Gasteiger partial charge in [-0.2, -0.15) is 17.1 Å². The normalized spacial score (nSPS) is 24.6. The number of fused-ring (bicyclic) bond motifs is 1. The predicted octanol–water partition coefficient (Wildman–Crippen LogP) is 3.94. The van der Waals surface area contributed by atoms with E-state index in [-0.39, 0.29) is 64.9 Å². The number of sulfonamides is 2. The van der Waals surface area contributed by atoms with Crippen LogP contribution in [0.25, 0.3) is 0 Å². The third-order valence-corrected chi connectivity index (χ3v) is 14.6. The molecule has 1 aromatic rings. The molecule has 0 aromatic carbocycles. The molecule has 1 aliphatic heterocycles.